The van der Waals surface area contributed by atoms with E-state index in [0.717, 1.165) is 5.56 Å². The number of ether oxygens (including phenoxy) is 1. The molecule has 2 atom stereocenters. The fourth-order valence-electron chi connectivity index (χ4n) is 4.48. The Morgan fingerprint density at radius 1 is 0.875 bits per heavy atom. The van der Waals surface area contributed by atoms with Gasteiger partial charge in [-0.2, -0.15) is 0 Å². The van der Waals surface area contributed by atoms with E-state index in [9.17, 15) is 18.8 Å². The Bertz CT molecular complexity index is 1510. The number of hydrogen-bond acceptors (Lipinski definition) is 4. The molecule has 9 heteroatoms. The summed E-state index contributed by atoms with van der Waals surface area (Å²) in [7, 11) is 0. The highest BCUT2D eigenvalue weighted by Gasteiger charge is 2.46. The number of amides is 3. The summed E-state index contributed by atoms with van der Waals surface area (Å²) >= 11 is 5.99. The quantitative estimate of drug-likeness (QED) is 0.274. The van der Waals surface area contributed by atoms with E-state index >= 15 is 0 Å². The zero-order chi connectivity index (χ0) is 28.1. The van der Waals surface area contributed by atoms with Crippen molar-refractivity contribution in [3.8, 4) is 0 Å². The zero-order valence-corrected chi connectivity index (χ0v) is 22.0. The van der Waals surface area contributed by atoms with Gasteiger partial charge in [0.2, 0.25) is 5.91 Å². The lowest BCUT2D eigenvalue weighted by Crippen LogP contribution is -2.46. The van der Waals surface area contributed by atoms with Gasteiger partial charge in [-0.3, -0.25) is 14.5 Å². The summed E-state index contributed by atoms with van der Waals surface area (Å²) in [5, 5.41) is 6.16. The molecule has 0 unspecified atom stereocenters. The first-order valence-electron chi connectivity index (χ1n) is 12.6. The molecule has 0 aromatic heterocycles. The number of nitrogens with zero attached hydrogens (tertiary/aromatic N) is 1. The highest BCUT2D eigenvalue weighted by molar-refractivity contribution is 6.31. The topological polar surface area (TPSA) is 87.7 Å². The normalized spacial score (nSPS) is 16.4. The first-order valence-corrected chi connectivity index (χ1v) is 13.0. The zero-order valence-electron chi connectivity index (χ0n) is 21.2. The summed E-state index contributed by atoms with van der Waals surface area (Å²) in [6, 6.07) is 27.5. The van der Waals surface area contributed by atoms with Crippen LogP contribution in [0.3, 0.4) is 0 Å². The minimum atomic E-state index is -0.979. The molecule has 0 spiro atoms. The maximum absolute atomic E-state index is 13.5. The second kappa shape index (κ2) is 12.0. The van der Waals surface area contributed by atoms with E-state index in [-0.39, 0.29) is 24.9 Å². The molecule has 4 aromatic carbocycles. The number of hydrogen-bond donors (Lipinski definition) is 2. The van der Waals surface area contributed by atoms with E-state index in [4.69, 9.17) is 16.3 Å². The molecule has 1 saturated heterocycles. The van der Waals surface area contributed by atoms with Crippen molar-refractivity contribution in [2.45, 2.75) is 25.2 Å². The maximum Gasteiger partial charge on any atom is 0.411 e. The van der Waals surface area contributed by atoms with Crippen LogP contribution >= 0.6 is 11.6 Å². The van der Waals surface area contributed by atoms with Gasteiger partial charge in [0.1, 0.15) is 5.82 Å². The molecular formula is C31H25ClFN3O4. The number of nitrogens with one attached hydrogen (secondary N) is 2. The molecule has 0 bridgehead atoms. The molecule has 4 aromatic rings. The summed E-state index contributed by atoms with van der Waals surface area (Å²) in [4.78, 5) is 40.4. The molecule has 1 heterocycles. The molecule has 40 heavy (non-hydrogen) atoms. The fourth-order valence-corrected chi connectivity index (χ4v) is 4.67. The molecular weight excluding hydrogens is 533 g/mol. The third-order valence-electron chi connectivity index (χ3n) is 6.51. The van der Waals surface area contributed by atoms with Crippen LogP contribution in [0.2, 0.25) is 5.02 Å². The number of halogens is 2. The Hall–Kier alpha value is -4.69. The molecule has 0 radical (unpaired) electrons. The van der Waals surface area contributed by atoms with E-state index in [1.54, 1.807) is 60.7 Å². The van der Waals surface area contributed by atoms with Crippen LogP contribution in [0, 0.1) is 5.82 Å². The van der Waals surface area contributed by atoms with Crippen molar-refractivity contribution >= 4 is 35.2 Å². The molecule has 5 rings (SSSR count). The lowest BCUT2D eigenvalue weighted by Gasteiger charge is -2.24. The van der Waals surface area contributed by atoms with Gasteiger partial charge < -0.3 is 15.4 Å². The number of benzene rings is 4. The molecule has 2 N–H and O–H groups in total. The van der Waals surface area contributed by atoms with E-state index in [2.05, 4.69) is 10.6 Å². The van der Waals surface area contributed by atoms with Gasteiger partial charge in [-0.25, -0.2) is 9.18 Å². The second-order valence-corrected chi connectivity index (χ2v) is 9.73. The minimum Gasteiger partial charge on any atom is -0.438 e. The Morgan fingerprint density at radius 3 is 2.30 bits per heavy atom. The van der Waals surface area contributed by atoms with E-state index in [0.29, 0.717) is 27.4 Å². The standard InChI is InChI=1S/C31H25ClFN3O4/c32-24-8-4-7-23(17-24)29(37)35-26-15-11-22(12-16-26)28-27(30(38)34-18-20-5-2-1-3-6-20)36(31(39)40-28)19-21-9-13-25(33)14-10-21/h1-17,27-28H,18-19H2,(H,34,38)(H,35,37)/t27-,28+/m0/s1. The van der Waals surface area contributed by atoms with Gasteiger partial charge in [0.25, 0.3) is 5.91 Å². The molecule has 1 aliphatic rings. The third kappa shape index (κ3) is 6.30. The van der Waals surface area contributed by atoms with Gasteiger partial charge in [0.05, 0.1) is 6.54 Å². The average molecular weight is 558 g/mol. The predicted octanol–water partition coefficient (Wildman–Crippen LogP) is 6.11. The Balaban J connectivity index is 1.36. The molecule has 1 aliphatic heterocycles. The number of cyclic esters (lactones) is 1. The summed E-state index contributed by atoms with van der Waals surface area (Å²) in [6.07, 6.45) is -1.56. The Kier molecular flexibility index (Phi) is 8.07. The molecule has 202 valence electrons. The number of rotatable bonds is 8. The van der Waals surface area contributed by atoms with Gasteiger partial charge in [-0.15, -0.1) is 0 Å². The number of carbonyl (C=O) groups excluding carboxylic acids is 3. The summed E-state index contributed by atoms with van der Waals surface area (Å²) in [5.41, 5.74) is 3.07. The molecule has 7 nitrogen and oxygen atoms in total. The van der Waals surface area contributed by atoms with E-state index in [1.165, 1.54) is 17.0 Å². The van der Waals surface area contributed by atoms with Crippen LogP contribution in [0.5, 0.6) is 0 Å². The summed E-state index contributed by atoms with van der Waals surface area (Å²) in [6.45, 7) is 0.336. The highest BCUT2D eigenvalue weighted by atomic mass is 35.5. The minimum absolute atomic E-state index is 0.0623. The van der Waals surface area contributed by atoms with Crippen LogP contribution in [-0.2, 0) is 22.6 Å². The van der Waals surface area contributed by atoms with Gasteiger partial charge in [0.15, 0.2) is 12.1 Å². The number of carbonyl (C=O) groups is 3. The van der Waals surface area contributed by atoms with Crippen molar-refractivity contribution in [2.24, 2.45) is 0 Å². The second-order valence-electron chi connectivity index (χ2n) is 9.29. The Morgan fingerprint density at radius 2 is 1.60 bits per heavy atom. The first-order chi connectivity index (χ1) is 19.4. The van der Waals surface area contributed by atoms with Crippen LogP contribution in [0.4, 0.5) is 14.9 Å². The highest BCUT2D eigenvalue weighted by Crippen LogP contribution is 2.34. The lowest BCUT2D eigenvalue weighted by atomic mass is 10.00. The van der Waals surface area contributed by atoms with Crippen molar-refractivity contribution in [1.29, 1.82) is 0 Å². The molecule has 3 amide bonds. The fraction of sp³-hybridized carbons (Fsp3) is 0.129. The third-order valence-corrected chi connectivity index (χ3v) is 6.75. The van der Waals surface area contributed by atoms with Crippen molar-refractivity contribution in [3.05, 3.63) is 136 Å². The summed E-state index contributed by atoms with van der Waals surface area (Å²) in [5.74, 6) is -1.11. The predicted molar refractivity (Wildman–Crippen MR) is 149 cm³/mol. The monoisotopic (exact) mass is 557 g/mol. The van der Waals surface area contributed by atoms with Gasteiger partial charge in [-0.05, 0) is 59.2 Å². The van der Waals surface area contributed by atoms with Crippen LogP contribution in [-0.4, -0.2) is 28.8 Å². The van der Waals surface area contributed by atoms with Gasteiger partial charge in [-0.1, -0.05) is 72.3 Å². The van der Waals surface area contributed by atoms with Crippen LogP contribution in [0.1, 0.15) is 33.2 Å². The average Bonchev–Trinajstić information content (AvgIpc) is 3.29. The van der Waals surface area contributed by atoms with Crippen molar-refractivity contribution in [2.75, 3.05) is 5.32 Å². The first kappa shape index (κ1) is 26.9. The molecule has 1 fully saturated rings. The lowest BCUT2D eigenvalue weighted by molar-refractivity contribution is -0.126. The van der Waals surface area contributed by atoms with E-state index < -0.39 is 24.1 Å². The van der Waals surface area contributed by atoms with Crippen molar-refractivity contribution in [3.63, 3.8) is 0 Å². The van der Waals surface area contributed by atoms with Crippen LogP contribution in [0.15, 0.2) is 103 Å². The molecule has 0 saturated carbocycles. The van der Waals surface area contributed by atoms with Crippen LogP contribution in [0.25, 0.3) is 0 Å². The Labute approximate surface area is 235 Å². The van der Waals surface area contributed by atoms with Gasteiger partial charge >= 0.3 is 6.09 Å². The van der Waals surface area contributed by atoms with Crippen molar-refractivity contribution in [1.82, 2.24) is 10.2 Å². The SMILES string of the molecule is O=C(Nc1ccc([C@H]2OC(=O)N(Cc3ccc(F)cc3)[C@@H]2C(=O)NCc2ccccc2)cc1)c1cccc(Cl)c1. The number of anilines is 1. The molecule has 0 aliphatic carbocycles. The van der Waals surface area contributed by atoms with Crippen molar-refractivity contribution < 1.29 is 23.5 Å². The largest absolute Gasteiger partial charge is 0.438 e. The maximum atomic E-state index is 13.5. The smallest absolute Gasteiger partial charge is 0.411 e. The van der Waals surface area contributed by atoms with E-state index in [1.807, 2.05) is 30.3 Å². The summed E-state index contributed by atoms with van der Waals surface area (Å²) < 4.78 is 19.1. The van der Waals surface area contributed by atoms with Crippen LogP contribution < -0.4 is 10.6 Å². The van der Waals surface area contributed by atoms with Gasteiger partial charge in [0, 0.05) is 22.8 Å².